The van der Waals surface area contributed by atoms with Crippen LogP contribution in [0.3, 0.4) is 0 Å². The van der Waals surface area contributed by atoms with Gasteiger partial charge in [-0.1, -0.05) is 0 Å². The fourth-order valence-electron chi connectivity index (χ4n) is 1.84. The lowest BCUT2D eigenvalue weighted by molar-refractivity contribution is 0.0948. The number of carbonyl (C=O) groups is 1. The van der Waals surface area contributed by atoms with E-state index in [2.05, 4.69) is 10.3 Å². The summed E-state index contributed by atoms with van der Waals surface area (Å²) in [4.78, 5) is 16.1. The van der Waals surface area contributed by atoms with Gasteiger partial charge in [-0.2, -0.15) is 0 Å². The molecule has 0 spiro atoms. The fraction of sp³-hybridized carbons (Fsp3) is 0.455. The molecule has 2 heterocycles. The molecule has 2 rings (SSSR count). The summed E-state index contributed by atoms with van der Waals surface area (Å²) >= 11 is 0. The first-order valence-corrected chi connectivity index (χ1v) is 5.09. The quantitative estimate of drug-likeness (QED) is 0.750. The number of hydrogen-bond donors (Lipinski definition) is 1. The van der Waals surface area contributed by atoms with E-state index < -0.39 is 0 Å². The van der Waals surface area contributed by atoms with Crippen LogP contribution in [0, 0.1) is 0 Å². The van der Waals surface area contributed by atoms with Gasteiger partial charge in [0, 0.05) is 6.20 Å². The summed E-state index contributed by atoms with van der Waals surface area (Å²) in [5, 5.41) is 3.17. The van der Waals surface area contributed by atoms with Crippen molar-refractivity contribution in [2.75, 3.05) is 13.7 Å². The van der Waals surface area contributed by atoms with E-state index in [1.54, 1.807) is 18.3 Å². The molecule has 0 radical (unpaired) electrons. The van der Waals surface area contributed by atoms with Gasteiger partial charge in [-0.15, -0.1) is 0 Å². The van der Waals surface area contributed by atoms with Crippen LogP contribution < -0.4 is 10.1 Å². The Hall–Kier alpha value is -1.42. The number of carbonyl (C=O) groups excluding carboxylic acids is 1. The van der Waals surface area contributed by atoms with Crippen molar-refractivity contribution in [2.45, 2.75) is 18.9 Å². The highest BCUT2D eigenvalue weighted by atomic mass is 16.5. The molecule has 1 aromatic rings. The van der Waals surface area contributed by atoms with Crippen molar-refractivity contribution in [1.82, 2.24) is 10.3 Å². The maximum absolute atomic E-state index is 12.0. The second-order valence-electron chi connectivity index (χ2n) is 3.57. The van der Waals surface area contributed by atoms with Crippen molar-refractivity contribution in [3.63, 3.8) is 0 Å². The van der Waals surface area contributed by atoms with Gasteiger partial charge < -0.3 is 10.1 Å². The first-order chi connectivity index (χ1) is 7.33. The van der Waals surface area contributed by atoms with E-state index in [1.807, 2.05) is 0 Å². The number of ether oxygens (including phenoxy) is 1. The van der Waals surface area contributed by atoms with E-state index in [4.69, 9.17) is 4.74 Å². The van der Waals surface area contributed by atoms with E-state index in [0.29, 0.717) is 11.4 Å². The maximum Gasteiger partial charge on any atom is 0.224 e. The summed E-state index contributed by atoms with van der Waals surface area (Å²) in [5.74, 6) is 0.494. The lowest BCUT2D eigenvalue weighted by Gasteiger charge is -2.10. The highest BCUT2D eigenvalue weighted by Crippen LogP contribution is 2.19. The van der Waals surface area contributed by atoms with E-state index in [0.717, 1.165) is 19.4 Å². The summed E-state index contributed by atoms with van der Waals surface area (Å²) in [6.07, 6.45) is 3.58. The molecule has 80 valence electrons. The molecule has 1 fully saturated rings. The highest BCUT2D eigenvalue weighted by molar-refractivity contribution is 6.02. The van der Waals surface area contributed by atoms with Crippen LogP contribution in [0.5, 0.6) is 5.88 Å². The molecule has 1 saturated heterocycles. The molecule has 1 aliphatic rings. The number of ketones is 1. The Balaban J connectivity index is 2.24. The Morgan fingerprint density at radius 2 is 2.53 bits per heavy atom. The van der Waals surface area contributed by atoms with Crippen molar-refractivity contribution >= 4 is 5.78 Å². The van der Waals surface area contributed by atoms with Crippen molar-refractivity contribution in [2.24, 2.45) is 0 Å². The molecular weight excluding hydrogens is 192 g/mol. The minimum atomic E-state index is -0.0666. The monoisotopic (exact) mass is 206 g/mol. The van der Waals surface area contributed by atoms with Crippen LogP contribution in [0.1, 0.15) is 23.2 Å². The molecule has 0 aliphatic carbocycles. The van der Waals surface area contributed by atoms with Crippen LogP contribution in [-0.4, -0.2) is 30.5 Å². The molecular formula is C11H14N2O2. The first kappa shape index (κ1) is 10.1. The largest absolute Gasteiger partial charge is 0.480 e. The van der Waals surface area contributed by atoms with E-state index in [9.17, 15) is 4.79 Å². The minimum Gasteiger partial charge on any atom is -0.480 e. The maximum atomic E-state index is 12.0. The zero-order valence-corrected chi connectivity index (χ0v) is 8.69. The molecule has 1 aliphatic heterocycles. The van der Waals surface area contributed by atoms with Crippen molar-refractivity contribution in [3.8, 4) is 5.88 Å². The highest BCUT2D eigenvalue weighted by Gasteiger charge is 2.25. The van der Waals surface area contributed by atoms with Gasteiger partial charge in [0.05, 0.1) is 18.7 Å². The second-order valence-corrected chi connectivity index (χ2v) is 3.57. The SMILES string of the molecule is COc1ncccc1C(=O)C1CCCN1. The molecule has 0 saturated carbocycles. The van der Waals surface area contributed by atoms with Crippen molar-refractivity contribution in [3.05, 3.63) is 23.9 Å². The number of nitrogens with one attached hydrogen (secondary N) is 1. The van der Waals surface area contributed by atoms with E-state index >= 15 is 0 Å². The number of hydrogen-bond acceptors (Lipinski definition) is 4. The number of pyridine rings is 1. The van der Waals surface area contributed by atoms with Gasteiger partial charge in [-0.05, 0) is 31.5 Å². The minimum absolute atomic E-state index is 0.0666. The average Bonchev–Trinajstić information content (AvgIpc) is 2.81. The standard InChI is InChI=1S/C11H14N2O2/c1-15-11-8(4-2-7-13-11)10(14)9-5-3-6-12-9/h2,4,7,9,12H,3,5-6H2,1H3. The van der Waals surface area contributed by atoms with Gasteiger partial charge in [0.1, 0.15) is 0 Å². The molecule has 1 unspecified atom stereocenters. The Morgan fingerprint density at radius 3 is 3.20 bits per heavy atom. The van der Waals surface area contributed by atoms with Crippen LogP contribution in [-0.2, 0) is 0 Å². The van der Waals surface area contributed by atoms with Gasteiger partial charge in [-0.3, -0.25) is 4.79 Å². The van der Waals surface area contributed by atoms with Crippen LogP contribution in [0.15, 0.2) is 18.3 Å². The third-order valence-electron chi connectivity index (χ3n) is 2.61. The average molecular weight is 206 g/mol. The fourth-order valence-corrected chi connectivity index (χ4v) is 1.84. The molecule has 1 N–H and O–H groups in total. The lowest BCUT2D eigenvalue weighted by atomic mass is 10.0. The Labute approximate surface area is 88.7 Å². The summed E-state index contributed by atoms with van der Waals surface area (Å²) in [6.45, 7) is 0.916. The molecule has 15 heavy (non-hydrogen) atoms. The summed E-state index contributed by atoms with van der Waals surface area (Å²) in [7, 11) is 1.53. The van der Waals surface area contributed by atoms with Crippen LogP contribution in [0.2, 0.25) is 0 Å². The van der Waals surface area contributed by atoms with Gasteiger partial charge in [0.15, 0.2) is 5.78 Å². The van der Waals surface area contributed by atoms with Crippen LogP contribution in [0.4, 0.5) is 0 Å². The third kappa shape index (κ3) is 1.99. The number of nitrogens with zero attached hydrogens (tertiary/aromatic N) is 1. The first-order valence-electron chi connectivity index (χ1n) is 5.09. The molecule has 1 aromatic heterocycles. The van der Waals surface area contributed by atoms with Gasteiger partial charge >= 0.3 is 0 Å². The Morgan fingerprint density at radius 1 is 1.67 bits per heavy atom. The predicted octanol–water partition coefficient (Wildman–Crippen LogP) is 1.02. The lowest BCUT2D eigenvalue weighted by Crippen LogP contribution is -2.31. The van der Waals surface area contributed by atoms with Gasteiger partial charge in [-0.25, -0.2) is 4.98 Å². The second kappa shape index (κ2) is 4.40. The van der Waals surface area contributed by atoms with Crippen molar-refractivity contribution < 1.29 is 9.53 Å². The molecule has 1 atom stereocenters. The number of aromatic nitrogens is 1. The molecule has 0 amide bonds. The van der Waals surface area contributed by atoms with E-state index in [-0.39, 0.29) is 11.8 Å². The van der Waals surface area contributed by atoms with Gasteiger partial charge in [0.2, 0.25) is 5.88 Å². The number of rotatable bonds is 3. The predicted molar refractivity (Wildman–Crippen MR) is 56.1 cm³/mol. The number of methoxy groups -OCH3 is 1. The zero-order chi connectivity index (χ0) is 10.7. The normalized spacial score (nSPS) is 20.2. The zero-order valence-electron chi connectivity index (χ0n) is 8.69. The number of Topliss-reactive ketones (excluding diaryl/α,β-unsaturated/α-hetero) is 1. The topological polar surface area (TPSA) is 51.2 Å². The Bertz CT molecular complexity index is 359. The summed E-state index contributed by atoms with van der Waals surface area (Å²) in [5.41, 5.74) is 0.569. The van der Waals surface area contributed by atoms with Crippen molar-refractivity contribution in [1.29, 1.82) is 0 Å². The summed E-state index contributed by atoms with van der Waals surface area (Å²) < 4.78 is 5.07. The molecule has 4 nitrogen and oxygen atoms in total. The van der Waals surface area contributed by atoms with Crippen LogP contribution >= 0.6 is 0 Å². The van der Waals surface area contributed by atoms with Gasteiger partial charge in [0.25, 0.3) is 0 Å². The van der Waals surface area contributed by atoms with E-state index in [1.165, 1.54) is 7.11 Å². The smallest absolute Gasteiger partial charge is 0.224 e. The molecule has 4 heteroatoms. The molecule has 0 aromatic carbocycles. The Kier molecular flexibility index (Phi) is 2.97. The molecule has 0 bridgehead atoms. The summed E-state index contributed by atoms with van der Waals surface area (Å²) in [6, 6.07) is 3.45. The third-order valence-corrected chi connectivity index (χ3v) is 2.61. The van der Waals surface area contributed by atoms with Crippen LogP contribution in [0.25, 0.3) is 0 Å².